The van der Waals surface area contributed by atoms with Gasteiger partial charge in [0.2, 0.25) is 0 Å². The third-order valence-corrected chi connectivity index (χ3v) is 3.12. The summed E-state index contributed by atoms with van der Waals surface area (Å²) in [5.41, 5.74) is 6.27. The molecule has 8 nitrogen and oxygen atoms in total. The number of fused-ring (bicyclic) bond motifs is 1. The lowest BCUT2D eigenvalue weighted by molar-refractivity contribution is 0.0696. The lowest BCUT2D eigenvalue weighted by Gasteiger charge is -2.10. The Morgan fingerprint density at radius 3 is 2.52 bits per heavy atom. The molecule has 114 valence electrons. The van der Waals surface area contributed by atoms with Crippen molar-refractivity contribution in [2.75, 3.05) is 5.43 Å². The van der Waals surface area contributed by atoms with Crippen LogP contribution < -0.4 is 10.9 Å². The van der Waals surface area contributed by atoms with Gasteiger partial charge in [0.05, 0.1) is 11.1 Å². The van der Waals surface area contributed by atoms with E-state index in [1.54, 1.807) is 18.2 Å². The summed E-state index contributed by atoms with van der Waals surface area (Å²) in [6.45, 7) is 0. The minimum atomic E-state index is -1.04. The van der Waals surface area contributed by atoms with Crippen LogP contribution in [-0.4, -0.2) is 31.9 Å². The van der Waals surface area contributed by atoms with Gasteiger partial charge in [0.25, 0.3) is 5.91 Å². The highest BCUT2D eigenvalue weighted by molar-refractivity contribution is 5.98. The van der Waals surface area contributed by atoms with Crippen molar-refractivity contribution >= 4 is 28.6 Å². The molecule has 0 saturated carbocycles. The van der Waals surface area contributed by atoms with Gasteiger partial charge in [0.1, 0.15) is 6.33 Å². The zero-order valence-corrected chi connectivity index (χ0v) is 11.7. The molecule has 1 amide bonds. The summed E-state index contributed by atoms with van der Waals surface area (Å²) in [5, 5.41) is 9.58. The Bertz CT molecular complexity index is 883. The Labute approximate surface area is 130 Å². The molecule has 23 heavy (non-hydrogen) atoms. The predicted molar refractivity (Wildman–Crippen MR) is 81.8 cm³/mol. The van der Waals surface area contributed by atoms with Gasteiger partial charge < -0.3 is 5.11 Å². The van der Waals surface area contributed by atoms with Gasteiger partial charge in [-0.05, 0) is 30.3 Å². The van der Waals surface area contributed by atoms with Crippen molar-refractivity contribution in [2.24, 2.45) is 0 Å². The standard InChI is InChI=1S/C15H11N5O3/c21-14(9-3-5-16-6-4-9)20-19-13-11-2-1-10(15(22)23)7-12(11)17-8-18-13/h1-8H,(H,20,21)(H,22,23)(H,17,18,19). The number of rotatable bonds is 4. The number of nitrogens with zero attached hydrogens (tertiary/aromatic N) is 3. The average molecular weight is 309 g/mol. The summed E-state index contributed by atoms with van der Waals surface area (Å²) in [7, 11) is 0. The fourth-order valence-electron chi connectivity index (χ4n) is 1.98. The number of hydrogen-bond donors (Lipinski definition) is 3. The molecule has 0 aliphatic rings. The van der Waals surface area contributed by atoms with Gasteiger partial charge in [0.15, 0.2) is 5.82 Å². The van der Waals surface area contributed by atoms with E-state index in [0.717, 1.165) is 0 Å². The molecule has 0 radical (unpaired) electrons. The number of pyridine rings is 1. The summed E-state index contributed by atoms with van der Waals surface area (Å²) in [5.74, 6) is -1.01. The Morgan fingerprint density at radius 2 is 1.78 bits per heavy atom. The van der Waals surface area contributed by atoms with E-state index in [1.165, 1.54) is 30.9 Å². The number of carbonyl (C=O) groups excluding carboxylic acids is 1. The highest BCUT2D eigenvalue weighted by atomic mass is 16.4. The number of carboxylic acid groups (broad SMARTS) is 1. The largest absolute Gasteiger partial charge is 0.478 e. The van der Waals surface area contributed by atoms with Crippen molar-refractivity contribution in [3.8, 4) is 0 Å². The van der Waals surface area contributed by atoms with Crippen molar-refractivity contribution in [1.82, 2.24) is 20.4 Å². The van der Waals surface area contributed by atoms with E-state index >= 15 is 0 Å². The zero-order chi connectivity index (χ0) is 16.2. The first kappa shape index (κ1) is 14.4. The number of carbonyl (C=O) groups is 2. The molecule has 0 fully saturated rings. The molecule has 2 aromatic heterocycles. The molecule has 0 bridgehead atoms. The van der Waals surface area contributed by atoms with E-state index in [9.17, 15) is 9.59 Å². The predicted octanol–water partition coefficient (Wildman–Crippen LogP) is 1.48. The van der Waals surface area contributed by atoms with Crippen LogP contribution in [0.1, 0.15) is 20.7 Å². The van der Waals surface area contributed by atoms with Crippen LogP contribution in [0.2, 0.25) is 0 Å². The first-order chi connectivity index (χ1) is 11.1. The molecular formula is C15H11N5O3. The molecule has 3 N–H and O–H groups in total. The molecule has 0 aliphatic carbocycles. The van der Waals surface area contributed by atoms with Crippen molar-refractivity contribution in [3.05, 3.63) is 60.2 Å². The molecule has 3 aromatic rings. The summed E-state index contributed by atoms with van der Waals surface area (Å²) >= 11 is 0. The fourth-order valence-corrected chi connectivity index (χ4v) is 1.98. The first-order valence-electron chi connectivity index (χ1n) is 6.59. The second-order valence-electron chi connectivity index (χ2n) is 4.57. The van der Waals surface area contributed by atoms with E-state index in [-0.39, 0.29) is 11.5 Å². The van der Waals surface area contributed by atoms with Crippen LogP contribution >= 0.6 is 0 Å². The summed E-state index contributed by atoms with van der Waals surface area (Å²) in [4.78, 5) is 34.9. The van der Waals surface area contributed by atoms with Gasteiger partial charge >= 0.3 is 5.97 Å². The van der Waals surface area contributed by atoms with Gasteiger partial charge in [-0.2, -0.15) is 0 Å². The average Bonchev–Trinajstić information content (AvgIpc) is 2.59. The van der Waals surface area contributed by atoms with Gasteiger partial charge in [-0.1, -0.05) is 0 Å². The third-order valence-electron chi connectivity index (χ3n) is 3.12. The molecule has 3 rings (SSSR count). The summed E-state index contributed by atoms with van der Waals surface area (Å²) in [6.07, 6.45) is 4.32. The minimum absolute atomic E-state index is 0.128. The molecule has 2 heterocycles. The van der Waals surface area contributed by atoms with Crippen molar-refractivity contribution in [3.63, 3.8) is 0 Å². The van der Waals surface area contributed by atoms with E-state index in [4.69, 9.17) is 5.11 Å². The Hall–Kier alpha value is -3.55. The third kappa shape index (κ3) is 3.05. The topological polar surface area (TPSA) is 117 Å². The van der Waals surface area contributed by atoms with Crippen LogP contribution in [0.5, 0.6) is 0 Å². The number of benzene rings is 1. The second kappa shape index (κ2) is 6.06. The van der Waals surface area contributed by atoms with Crippen molar-refractivity contribution in [2.45, 2.75) is 0 Å². The SMILES string of the molecule is O=C(O)c1ccc2c(NNC(=O)c3ccncc3)ncnc2c1. The number of anilines is 1. The number of amides is 1. The van der Waals surface area contributed by atoms with Crippen LogP contribution in [0.3, 0.4) is 0 Å². The molecule has 0 aliphatic heterocycles. The monoisotopic (exact) mass is 309 g/mol. The van der Waals surface area contributed by atoms with E-state index in [2.05, 4.69) is 25.8 Å². The maximum atomic E-state index is 12.0. The first-order valence-corrected chi connectivity index (χ1v) is 6.59. The van der Waals surface area contributed by atoms with Crippen LogP contribution in [0.4, 0.5) is 5.82 Å². The Morgan fingerprint density at radius 1 is 1.00 bits per heavy atom. The maximum absolute atomic E-state index is 12.0. The van der Waals surface area contributed by atoms with Crippen molar-refractivity contribution in [1.29, 1.82) is 0 Å². The molecule has 8 heteroatoms. The molecule has 0 unspecified atom stereocenters. The van der Waals surface area contributed by atoms with E-state index in [1.807, 2.05) is 0 Å². The lowest BCUT2D eigenvalue weighted by Crippen LogP contribution is -2.29. The summed E-state index contributed by atoms with van der Waals surface area (Å²) in [6, 6.07) is 7.63. The van der Waals surface area contributed by atoms with Crippen LogP contribution in [0.25, 0.3) is 10.9 Å². The Kier molecular flexibility index (Phi) is 3.79. The van der Waals surface area contributed by atoms with Crippen molar-refractivity contribution < 1.29 is 14.7 Å². The maximum Gasteiger partial charge on any atom is 0.335 e. The normalized spacial score (nSPS) is 10.3. The fraction of sp³-hybridized carbons (Fsp3) is 0. The number of nitrogens with one attached hydrogen (secondary N) is 2. The van der Waals surface area contributed by atoms with Gasteiger partial charge in [-0.15, -0.1) is 0 Å². The van der Waals surface area contributed by atoms with Gasteiger partial charge in [-0.3, -0.25) is 20.6 Å². The lowest BCUT2D eigenvalue weighted by atomic mass is 10.1. The highest BCUT2D eigenvalue weighted by Crippen LogP contribution is 2.19. The smallest absolute Gasteiger partial charge is 0.335 e. The van der Waals surface area contributed by atoms with Gasteiger partial charge in [-0.25, -0.2) is 14.8 Å². The number of aromatic carboxylic acids is 1. The van der Waals surface area contributed by atoms with Crippen LogP contribution in [0.15, 0.2) is 49.1 Å². The quantitative estimate of drug-likeness (QED) is 0.625. The molecule has 0 atom stereocenters. The van der Waals surface area contributed by atoms with Crippen LogP contribution in [-0.2, 0) is 0 Å². The van der Waals surface area contributed by atoms with E-state index < -0.39 is 5.97 Å². The molecule has 0 spiro atoms. The summed E-state index contributed by atoms with van der Waals surface area (Å²) < 4.78 is 0. The number of hydrogen-bond acceptors (Lipinski definition) is 6. The second-order valence-corrected chi connectivity index (χ2v) is 4.57. The molecule has 1 aromatic carbocycles. The highest BCUT2D eigenvalue weighted by Gasteiger charge is 2.09. The molecule has 0 saturated heterocycles. The number of hydrazine groups is 1. The minimum Gasteiger partial charge on any atom is -0.478 e. The number of carboxylic acids is 1. The van der Waals surface area contributed by atoms with Crippen LogP contribution in [0, 0.1) is 0 Å². The van der Waals surface area contributed by atoms with E-state index in [0.29, 0.717) is 22.3 Å². The molecular weight excluding hydrogens is 298 g/mol. The van der Waals surface area contributed by atoms with Gasteiger partial charge in [0, 0.05) is 23.3 Å². The number of aromatic nitrogens is 3. The zero-order valence-electron chi connectivity index (χ0n) is 11.7. The Balaban J connectivity index is 1.83.